The summed E-state index contributed by atoms with van der Waals surface area (Å²) < 4.78 is 24.3. The monoisotopic (exact) mass is 523 g/mol. The van der Waals surface area contributed by atoms with Gasteiger partial charge in [0.05, 0.1) is 12.0 Å². The van der Waals surface area contributed by atoms with E-state index in [1.54, 1.807) is 12.1 Å². The number of nitrogens with zero attached hydrogens (tertiary/aromatic N) is 2. The number of nitro groups is 1. The van der Waals surface area contributed by atoms with Crippen LogP contribution in [0.2, 0.25) is 0 Å². The van der Waals surface area contributed by atoms with Crippen molar-refractivity contribution in [1.82, 2.24) is 10.2 Å². The lowest BCUT2D eigenvalue weighted by Crippen LogP contribution is -2.52. The molecule has 2 amide bonds. The van der Waals surface area contributed by atoms with E-state index >= 15 is 0 Å². The zero-order valence-corrected chi connectivity index (χ0v) is 21.4. The Morgan fingerprint density at radius 1 is 1.03 bits per heavy atom. The number of hydrogen-bond acceptors (Lipinski definition) is 6. The van der Waals surface area contributed by atoms with Crippen molar-refractivity contribution >= 4 is 17.5 Å². The molecule has 0 aliphatic rings. The Morgan fingerprint density at radius 3 is 2.32 bits per heavy atom. The van der Waals surface area contributed by atoms with Gasteiger partial charge in [0.15, 0.2) is 6.61 Å². The lowest BCUT2D eigenvalue weighted by atomic mass is 10.0. The van der Waals surface area contributed by atoms with E-state index in [-0.39, 0.29) is 42.1 Å². The molecule has 0 aliphatic heterocycles. The molecule has 0 heterocycles. The summed E-state index contributed by atoms with van der Waals surface area (Å²) in [4.78, 5) is 38.9. The lowest BCUT2D eigenvalue weighted by molar-refractivity contribution is -0.385. The summed E-state index contributed by atoms with van der Waals surface area (Å²) in [5.74, 6) is -1.07. The number of methoxy groups -OCH3 is 1. The van der Waals surface area contributed by atoms with Crippen LogP contribution in [0.4, 0.5) is 10.1 Å². The SMILES string of the molecule is COc1cc(OCC(=O)N(Cc2ccc(F)cc2)[C@H](Cc2ccccc2)C(=O)NC(C)C)ccc1[N+](=O)[O-]. The van der Waals surface area contributed by atoms with Crippen LogP contribution in [0.25, 0.3) is 0 Å². The van der Waals surface area contributed by atoms with E-state index in [4.69, 9.17) is 9.47 Å². The molecule has 1 atom stereocenters. The summed E-state index contributed by atoms with van der Waals surface area (Å²) in [5, 5.41) is 14.1. The highest BCUT2D eigenvalue weighted by molar-refractivity contribution is 5.88. The van der Waals surface area contributed by atoms with Gasteiger partial charge >= 0.3 is 5.69 Å². The van der Waals surface area contributed by atoms with E-state index in [2.05, 4.69) is 5.32 Å². The Morgan fingerprint density at radius 2 is 1.71 bits per heavy atom. The summed E-state index contributed by atoms with van der Waals surface area (Å²) in [7, 11) is 1.29. The van der Waals surface area contributed by atoms with Crippen molar-refractivity contribution < 1.29 is 28.4 Å². The lowest BCUT2D eigenvalue weighted by Gasteiger charge is -2.32. The number of rotatable bonds is 12. The van der Waals surface area contributed by atoms with Gasteiger partial charge in [-0.1, -0.05) is 42.5 Å². The number of nitrogens with one attached hydrogen (secondary N) is 1. The molecule has 200 valence electrons. The van der Waals surface area contributed by atoms with Gasteiger partial charge in [0.2, 0.25) is 11.7 Å². The van der Waals surface area contributed by atoms with Crippen LogP contribution in [-0.4, -0.2) is 47.4 Å². The summed E-state index contributed by atoms with van der Waals surface area (Å²) >= 11 is 0. The quantitative estimate of drug-likeness (QED) is 0.280. The fourth-order valence-corrected chi connectivity index (χ4v) is 3.85. The molecule has 0 radical (unpaired) electrons. The molecule has 0 aliphatic carbocycles. The highest BCUT2D eigenvalue weighted by atomic mass is 19.1. The van der Waals surface area contributed by atoms with Crippen LogP contribution in [0.1, 0.15) is 25.0 Å². The first kappa shape index (κ1) is 28.1. The van der Waals surface area contributed by atoms with Crippen LogP contribution in [-0.2, 0) is 22.6 Å². The maximum atomic E-state index is 13.5. The van der Waals surface area contributed by atoms with E-state index in [0.717, 1.165) is 5.56 Å². The Kier molecular flexibility index (Phi) is 9.75. The second-order valence-corrected chi connectivity index (χ2v) is 8.90. The first-order valence-corrected chi connectivity index (χ1v) is 12.0. The summed E-state index contributed by atoms with van der Waals surface area (Å²) in [6.45, 7) is 3.25. The third kappa shape index (κ3) is 7.76. The van der Waals surface area contributed by atoms with Gasteiger partial charge in [0.25, 0.3) is 5.91 Å². The third-order valence-corrected chi connectivity index (χ3v) is 5.68. The number of carbonyl (C=O) groups excluding carboxylic acids is 2. The number of nitro benzene ring substituents is 1. The molecule has 38 heavy (non-hydrogen) atoms. The minimum Gasteiger partial charge on any atom is -0.490 e. The maximum Gasteiger partial charge on any atom is 0.311 e. The summed E-state index contributed by atoms with van der Waals surface area (Å²) in [5.41, 5.74) is 1.25. The van der Waals surface area contributed by atoms with E-state index in [1.165, 1.54) is 42.3 Å². The fourth-order valence-electron chi connectivity index (χ4n) is 3.85. The van der Waals surface area contributed by atoms with E-state index < -0.39 is 29.3 Å². The van der Waals surface area contributed by atoms with Crippen molar-refractivity contribution in [3.05, 3.63) is 99.9 Å². The molecular weight excluding hydrogens is 493 g/mol. The second kappa shape index (κ2) is 13.2. The van der Waals surface area contributed by atoms with Crippen LogP contribution in [0.5, 0.6) is 11.5 Å². The highest BCUT2D eigenvalue weighted by Gasteiger charge is 2.31. The molecule has 9 nitrogen and oxygen atoms in total. The molecule has 10 heteroatoms. The highest BCUT2D eigenvalue weighted by Crippen LogP contribution is 2.30. The first-order valence-electron chi connectivity index (χ1n) is 12.0. The van der Waals surface area contributed by atoms with E-state index in [1.807, 2.05) is 44.2 Å². The van der Waals surface area contributed by atoms with Gasteiger partial charge in [-0.25, -0.2) is 4.39 Å². The number of amides is 2. The zero-order valence-electron chi connectivity index (χ0n) is 21.4. The molecule has 0 unspecified atom stereocenters. The van der Waals surface area contributed by atoms with E-state index in [9.17, 15) is 24.1 Å². The Bertz CT molecular complexity index is 1250. The van der Waals surface area contributed by atoms with Crippen LogP contribution in [0.15, 0.2) is 72.8 Å². The summed E-state index contributed by atoms with van der Waals surface area (Å²) in [6.07, 6.45) is 0.248. The number of ether oxygens (including phenoxy) is 2. The summed E-state index contributed by atoms with van der Waals surface area (Å²) in [6, 6.07) is 17.9. The topological polar surface area (TPSA) is 111 Å². The van der Waals surface area contributed by atoms with Gasteiger partial charge in [-0.3, -0.25) is 19.7 Å². The number of carbonyl (C=O) groups is 2. The maximum absolute atomic E-state index is 13.5. The third-order valence-electron chi connectivity index (χ3n) is 5.68. The van der Waals surface area contributed by atoms with Gasteiger partial charge in [0.1, 0.15) is 17.6 Å². The van der Waals surface area contributed by atoms with Gasteiger partial charge < -0.3 is 19.7 Å². The molecule has 3 rings (SSSR count). The van der Waals surface area contributed by atoms with Crippen molar-refractivity contribution in [2.45, 2.75) is 38.9 Å². The van der Waals surface area contributed by atoms with Gasteiger partial charge in [0, 0.05) is 31.1 Å². The van der Waals surface area contributed by atoms with E-state index in [0.29, 0.717) is 5.56 Å². The van der Waals surface area contributed by atoms with Crippen LogP contribution < -0.4 is 14.8 Å². The normalized spacial score (nSPS) is 11.5. The molecule has 3 aromatic rings. The minimum absolute atomic E-state index is 0.0126. The molecule has 0 aromatic heterocycles. The number of hydrogen-bond donors (Lipinski definition) is 1. The number of halogens is 1. The average Bonchev–Trinajstić information content (AvgIpc) is 2.90. The molecule has 3 aromatic carbocycles. The Balaban J connectivity index is 1.90. The van der Waals surface area contributed by atoms with Gasteiger partial charge in [-0.15, -0.1) is 0 Å². The Labute approximate surface area is 220 Å². The molecule has 0 fully saturated rings. The number of benzene rings is 3. The van der Waals surface area contributed by atoms with Crippen molar-refractivity contribution in [2.75, 3.05) is 13.7 Å². The first-order chi connectivity index (χ1) is 18.2. The van der Waals surface area contributed by atoms with Crippen LogP contribution in [0.3, 0.4) is 0 Å². The van der Waals surface area contributed by atoms with Crippen LogP contribution >= 0.6 is 0 Å². The van der Waals surface area contributed by atoms with Gasteiger partial charge in [-0.2, -0.15) is 0 Å². The average molecular weight is 524 g/mol. The smallest absolute Gasteiger partial charge is 0.311 e. The van der Waals surface area contributed by atoms with Gasteiger partial charge in [-0.05, 0) is 43.2 Å². The van der Waals surface area contributed by atoms with Crippen molar-refractivity contribution in [2.24, 2.45) is 0 Å². The molecule has 0 bridgehead atoms. The molecule has 1 N–H and O–H groups in total. The molecule has 0 saturated carbocycles. The van der Waals surface area contributed by atoms with Crippen molar-refractivity contribution in [3.63, 3.8) is 0 Å². The predicted molar refractivity (Wildman–Crippen MR) is 139 cm³/mol. The standard InChI is InChI=1S/C28H30FN3O6/c1-19(2)30-28(34)25(15-20-7-5-4-6-8-20)31(17-21-9-11-22(29)12-10-21)27(33)18-38-23-13-14-24(32(35)36)26(16-23)37-3/h4-14,16,19,25H,15,17-18H2,1-3H3,(H,30,34)/t25-/m1/s1. The predicted octanol–water partition coefficient (Wildman–Crippen LogP) is 4.29. The fraction of sp³-hybridized carbons (Fsp3) is 0.286. The second-order valence-electron chi connectivity index (χ2n) is 8.90. The van der Waals surface area contributed by atoms with Crippen molar-refractivity contribution in [3.8, 4) is 11.5 Å². The van der Waals surface area contributed by atoms with Crippen molar-refractivity contribution in [1.29, 1.82) is 0 Å². The molecule has 0 spiro atoms. The molecule has 0 saturated heterocycles. The Hall–Kier alpha value is -4.47. The van der Waals surface area contributed by atoms with Crippen LogP contribution in [0, 0.1) is 15.9 Å². The molecular formula is C28H30FN3O6. The minimum atomic E-state index is -0.882. The zero-order chi connectivity index (χ0) is 27.7. The largest absolute Gasteiger partial charge is 0.490 e.